The molecule has 0 heterocycles. The van der Waals surface area contributed by atoms with E-state index >= 15 is 0 Å². The molecule has 1 rings (SSSR count). The highest BCUT2D eigenvalue weighted by atomic mass is 16.5. The minimum absolute atomic E-state index is 0.00309. The van der Waals surface area contributed by atoms with Gasteiger partial charge in [-0.1, -0.05) is 12.1 Å². The number of carbonyl (C=O) groups is 1. The van der Waals surface area contributed by atoms with Gasteiger partial charge in [-0.05, 0) is 12.1 Å². The van der Waals surface area contributed by atoms with E-state index in [0.717, 1.165) is 0 Å². The number of ether oxygens (including phenoxy) is 2. The van der Waals surface area contributed by atoms with E-state index < -0.39 is 5.97 Å². The maximum atomic E-state index is 11.4. The Morgan fingerprint density at radius 1 is 1.43 bits per heavy atom. The third-order valence-corrected chi connectivity index (χ3v) is 1.65. The Kier molecular flexibility index (Phi) is 3.94. The zero-order valence-corrected chi connectivity index (χ0v) is 7.90. The quantitative estimate of drug-likeness (QED) is 0.725. The Hall–Kier alpha value is -1.55. The van der Waals surface area contributed by atoms with Crippen molar-refractivity contribution in [2.24, 2.45) is 0 Å². The Labute approximate surface area is 82.1 Å². The second-order valence-corrected chi connectivity index (χ2v) is 2.56. The van der Waals surface area contributed by atoms with Crippen LogP contribution in [-0.2, 0) is 4.74 Å². The van der Waals surface area contributed by atoms with Crippen molar-refractivity contribution in [3.05, 3.63) is 29.8 Å². The Balaban J connectivity index is 2.78. The third-order valence-electron chi connectivity index (χ3n) is 1.65. The van der Waals surface area contributed by atoms with E-state index in [1.807, 2.05) is 0 Å². The molecule has 0 radical (unpaired) electrons. The zero-order valence-electron chi connectivity index (χ0n) is 7.90. The van der Waals surface area contributed by atoms with Crippen molar-refractivity contribution < 1.29 is 19.4 Å². The van der Waals surface area contributed by atoms with E-state index in [0.29, 0.717) is 11.3 Å². The number of aliphatic hydroxyl groups is 1. The van der Waals surface area contributed by atoms with Gasteiger partial charge >= 0.3 is 5.97 Å². The van der Waals surface area contributed by atoms with Crippen LogP contribution in [-0.4, -0.2) is 31.4 Å². The number of rotatable bonds is 4. The van der Waals surface area contributed by atoms with Crippen molar-refractivity contribution >= 4 is 5.97 Å². The summed E-state index contributed by atoms with van der Waals surface area (Å²) >= 11 is 0. The van der Waals surface area contributed by atoms with Gasteiger partial charge in [-0.2, -0.15) is 0 Å². The molecule has 4 heteroatoms. The molecule has 0 spiro atoms. The second kappa shape index (κ2) is 5.24. The van der Waals surface area contributed by atoms with Crippen LogP contribution in [0.4, 0.5) is 0 Å². The minimum atomic E-state index is -0.489. The maximum absolute atomic E-state index is 11.4. The van der Waals surface area contributed by atoms with Crippen LogP contribution in [0.1, 0.15) is 10.4 Å². The molecule has 14 heavy (non-hydrogen) atoms. The lowest BCUT2D eigenvalue weighted by atomic mass is 10.2. The Morgan fingerprint density at radius 2 is 2.14 bits per heavy atom. The average molecular weight is 196 g/mol. The molecule has 76 valence electrons. The lowest BCUT2D eigenvalue weighted by molar-refractivity contribution is 0.0430. The van der Waals surface area contributed by atoms with Crippen LogP contribution in [0.3, 0.4) is 0 Å². The van der Waals surface area contributed by atoms with E-state index in [-0.39, 0.29) is 13.2 Å². The number of methoxy groups -OCH3 is 1. The fourth-order valence-corrected chi connectivity index (χ4v) is 1.03. The third kappa shape index (κ3) is 2.47. The molecular formula is C10H12O4. The highest BCUT2D eigenvalue weighted by Crippen LogP contribution is 2.17. The number of carbonyl (C=O) groups excluding carboxylic acids is 1. The van der Waals surface area contributed by atoms with Crippen LogP contribution in [0.2, 0.25) is 0 Å². The van der Waals surface area contributed by atoms with Crippen molar-refractivity contribution in [3.8, 4) is 5.75 Å². The number of esters is 1. The molecule has 4 nitrogen and oxygen atoms in total. The topological polar surface area (TPSA) is 55.8 Å². The van der Waals surface area contributed by atoms with Crippen LogP contribution in [0, 0.1) is 0 Å². The number of hydrogen-bond donors (Lipinski definition) is 1. The van der Waals surface area contributed by atoms with Gasteiger partial charge in [0.2, 0.25) is 0 Å². The number of hydrogen-bond acceptors (Lipinski definition) is 4. The lowest BCUT2D eigenvalue weighted by Crippen LogP contribution is -2.09. The average Bonchev–Trinajstić information content (AvgIpc) is 2.25. The summed E-state index contributed by atoms with van der Waals surface area (Å²) in [6.45, 7) is -0.183. The van der Waals surface area contributed by atoms with Crippen molar-refractivity contribution in [2.45, 2.75) is 0 Å². The minimum Gasteiger partial charge on any atom is -0.496 e. The largest absolute Gasteiger partial charge is 0.496 e. The van der Waals surface area contributed by atoms with Gasteiger partial charge in [0.25, 0.3) is 0 Å². The predicted octanol–water partition coefficient (Wildman–Crippen LogP) is 0.844. The van der Waals surface area contributed by atoms with Gasteiger partial charge in [-0.15, -0.1) is 0 Å². The summed E-state index contributed by atoms with van der Waals surface area (Å²) in [4.78, 5) is 11.4. The normalized spacial score (nSPS) is 9.57. The maximum Gasteiger partial charge on any atom is 0.342 e. The van der Waals surface area contributed by atoms with Crippen molar-refractivity contribution in [2.75, 3.05) is 20.3 Å². The Bertz CT molecular complexity index is 309. The van der Waals surface area contributed by atoms with Gasteiger partial charge in [0.1, 0.15) is 17.9 Å². The van der Waals surface area contributed by atoms with Gasteiger partial charge in [0, 0.05) is 0 Å². The highest BCUT2D eigenvalue weighted by molar-refractivity contribution is 5.92. The van der Waals surface area contributed by atoms with E-state index in [9.17, 15) is 4.79 Å². The van der Waals surface area contributed by atoms with Gasteiger partial charge in [-0.25, -0.2) is 4.79 Å². The first kappa shape index (κ1) is 10.5. The second-order valence-electron chi connectivity index (χ2n) is 2.56. The molecule has 1 aromatic rings. The van der Waals surface area contributed by atoms with Gasteiger partial charge in [0.15, 0.2) is 0 Å². The first-order chi connectivity index (χ1) is 6.79. The van der Waals surface area contributed by atoms with Gasteiger partial charge in [-0.3, -0.25) is 0 Å². The van der Waals surface area contributed by atoms with Crippen LogP contribution in [0.5, 0.6) is 5.75 Å². The van der Waals surface area contributed by atoms with E-state index in [1.54, 1.807) is 24.3 Å². The van der Waals surface area contributed by atoms with E-state index in [2.05, 4.69) is 0 Å². The molecule has 0 fully saturated rings. The summed E-state index contributed by atoms with van der Waals surface area (Å²) < 4.78 is 9.73. The molecule has 0 atom stereocenters. The summed E-state index contributed by atoms with van der Waals surface area (Å²) in [6, 6.07) is 6.77. The molecular weight excluding hydrogens is 184 g/mol. The predicted molar refractivity (Wildman–Crippen MR) is 50.4 cm³/mol. The molecule has 1 N–H and O–H groups in total. The first-order valence-electron chi connectivity index (χ1n) is 4.20. The molecule has 0 amide bonds. The summed E-state index contributed by atoms with van der Waals surface area (Å²) in [6.07, 6.45) is 0. The van der Waals surface area contributed by atoms with Crippen LogP contribution in [0.15, 0.2) is 24.3 Å². The number of aliphatic hydroxyl groups excluding tert-OH is 1. The fourth-order valence-electron chi connectivity index (χ4n) is 1.03. The van der Waals surface area contributed by atoms with Crippen molar-refractivity contribution in [1.82, 2.24) is 0 Å². The van der Waals surface area contributed by atoms with Crippen LogP contribution >= 0.6 is 0 Å². The Morgan fingerprint density at radius 3 is 2.79 bits per heavy atom. The monoisotopic (exact) mass is 196 g/mol. The molecule has 0 aliphatic carbocycles. The molecule has 0 aliphatic heterocycles. The molecule has 1 aromatic carbocycles. The molecule has 0 aliphatic rings. The molecule has 0 saturated heterocycles. The number of benzene rings is 1. The molecule has 0 bridgehead atoms. The highest BCUT2D eigenvalue weighted by Gasteiger charge is 2.11. The van der Waals surface area contributed by atoms with Gasteiger partial charge in [0.05, 0.1) is 13.7 Å². The number of para-hydroxylation sites is 1. The summed E-state index contributed by atoms with van der Waals surface area (Å²) in [7, 11) is 1.48. The van der Waals surface area contributed by atoms with Gasteiger partial charge < -0.3 is 14.6 Å². The fraction of sp³-hybridized carbons (Fsp3) is 0.300. The smallest absolute Gasteiger partial charge is 0.342 e. The van der Waals surface area contributed by atoms with E-state index in [1.165, 1.54) is 7.11 Å². The van der Waals surface area contributed by atoms with Crippen molar-refractivity contribution in [3.63, 3.8) is 0 Å². The standard InChI is InChI=1S/C10H12O4/c1-13-9-5-3-2-4-8(9)10(12)14-7-6-11/h2-5,11H,6-7H2,1H3. The van der Waals surface area contributed by atoms with Crippen LogP contribution in [0.25, 0.3) is 0 Å². The first-order valence-corrected chi connectivity index (χ1v) is 4.20. The lowest BCUT2D eigenvalue weighted by Gasteiger charge is -2.06. The zero-order chi connectivity index (χ0) is 10.4. The molecule has 0 aromatic heterocycles. The summed E-state index contributed by atoms with van der Waals surface area (Å²) in [5, 5.41) is 8.48. The van der Waals surface area contributed by atoms with E-state index in [4.69, 9.17) is 14.6 Å². The molecule has 0 saturated carbocycles. The summed E-state index contributed by atoms with van der Waals surface area (Å²) in [5.74, 6) is -0.0214. The van der Waals surface area contributed by atoms with Crippen LogP contribution < -0.4 is 4.74 Å². The summed E-state index contributed by atoms with van der Waals surface area (Å²) in [5.41, 5.74) is 0.364. The van der Waals surface area contributed by atoms with Crippen molar-refractivity contribution in [1.29, 1.82) is 0 Å². The molecule has 0 unspecified atom stereocenters. The SMILES string of the molecule is COc1ccccc1C(=O)OCCO.